The first-order valence-electron chi connectivity index (χ1n) is 18.5. The fourth-order valence-electron chi connectivity index (χ4n) is 7.08. The van der Waals surface area contributed by atoms with E-state index in [1.165, 1.54) is 0 Å². The van der Waals surface area contributed by atoms with Gasteiger partial charge in [-0.1, -0.05) is 121 Å². The van der Waals surface area contributed by atoms with Crippen molar-refractivity contribution in [2.45, 2.75) is 0 Å². The predicted molar refractivity (Wildman–Crippen MR) is 226 cm³/mol. The van der Waals surface area contributed by atoms with Crippen molar-refractivity contribution in [1.29, 1.82) is 0 Å². The molecule has 8 aromatic rings. The average molecular weight is 805 g/mol. The largest absolute Gasteiger partial charge is 0.481 e. The summed E-state index contributed by atoms with van der Waals surface area (Å²) in [7, 11) is 0. The lowest BCUT2D eigenvalue weighted by molar-refractivity contribution is -0.140. The zero-order valence-electron chi connectivity index (χ0n) is 31.7. The Morgan fingerprint density at radius 2 is 0.500 bits per heavy atom. The van der Waals surface area contributed by atoms with Gasteiger partial charge in [0.05, 0.1) is 0 Å². The quantitative estimate of drug-likeness (QED) is 0.0818. The highest BCUT2D eigenvalue weighted by Crippen LogP contribution is 2.47. The number of aliphatic carboxylic acids is 4. The van der Waals surface area contributed by atoms with Gasteiger partial charge in [0.25, 0.3) is 0 Å². The summed E-state index contributed by atoms with van der Waals surface area (Å²) in [5.74, 6) is -2.83. The molecule has 8 rings (SSSR count). The van der Waals surface area contributed by atoms with Gasteiger partial charge in [-0.15, -0.1) is 0 Å². The second-order valence-corrected chi connectivity index (χ2v) is 13.4. The zero-order chi connectivity index (χ0) is 42.2. The average Bonchev–Trinajstić information content (AvgIpc) is 3.25. The van der Waals surface area contributed by atoms with Gasteiger partial charge < -0.3 is 39.4 Å². The molecule has 0 aliphatic rings. The van der Waals surface area contributed by atoms with Crippen LogP contribution in [0.4, 0.5) is 0 Å². The third-order valence-electron chi connectivity index (χ3n) is 9.47. The summed E-state index contributed by atoms with van der Waals surface area (Å²) >= 11 is 0. The van der Waals surface area contributed by atoms with Crippen LogP contribution in [0.3, 0.4) is 0 Å². The summed E-state index contributed by atoms with van der Waals surface area (Å²) in [6.07, 6.45) is 0. The Balaban J connectivity index is 0.000000181. The number of carboxylic acids is 4. The van der Waals surface area contributed by atoms with Crippen LogP contribution >= 0.6 is 0 Å². The van der Waals surface area contributed by atoms with Crippen LogP contribution in [0.25, 0.3) is 65.3 Å². The molecule has 0 saturated heterocycles. The number of hydrogen-bond acceptors (Lipinski definition) is 8. The fourth-order valence-corrected chi connectivity index (χ4v) is 7.08. The van der Waals surface area contributed by atoms with Crippen molar-refractivity contribution in [1.82, 2.24) is 0 Å². The van der Waals surface area contributed by atoms with E-state index in [1.54, 1.807) is 24.3 Å². The van der Waals surface area contributed by atoms with Gasteiger partial charge in [-0.25, -0.2) is 19.2 Å². The Bertz CT molecular complexity index is 2520. The van der Waals surface area contributed by atoms with E-state index >= 15 is 0 Å². The Kier molecular flexibility index (Phi) is 12.0. The van der Waals surface area contributed by atoms with Gasteiger partial charge in [-0.05, 0) is 67.4 Å². The van der Waals surface area contributed by atoms with E-state index in [-0.39, 0.29) is 0 Å². The molecular formula is C48H36O12. The summed E-state index contributed by atoms with van der Waals surface area (Å²) in [4.78, 5) is 44.5. The van der Waals surface area contributed by atoms with Crippen molar-refractivity contribution in [3.8, 4) is 45.3 Å². The highest BCUT2D eigenvalue weighted by atomic mass is 16.5. The molecule has 0 saturated carbocycles. The Labute approximate surface area is 342 Å². The van der Waals surface area contributed by atoms with E-state index in [4.69, 9.17) is 39.4 Å². The molecule has 0 atom stereocenters. The summed E-state index contributed by atoms with van der Waals surface area (Å²) in [6.45, 7) is -1.99. The molecule has 0 aliphatic heterocycles. The lowest BCUT2D eigenvalue weighted by Gasteiger charge is -2.19. The van der Waals surface area contributed by atoms with Crippen LogP contribution in [0.5, 0.6) is 23.0 Å². The van der Waals surface area contributed by atoms with Gasteiger partial charge in [0.15, 0.2) is 26.4 Å². The molecule has 0 amide bonds. The number of fused-ring (bicyclic) bond motifs is 4. The Morgan fingerprint density at radius 3 is 0.700 bits per heavy atom. The highest BCUT2D eigenvalue weighted by molar-refractivity contribution is 6.11. The van der Waals surface area contributed by atoms with Crippen molar-refractivity contribution in [2.75, 3.05) is 26.4 Å². The van der Waals surface area contributed by atoms with E-state index < -0.39 is 50.3 Å². The third-order valence-corrected chi connectivity index (χ3v) is 9.47. The van der Waals surface area contributed by atoms with Crippen LogP contribution in [0.2, 0.25) is 0 Å². The number of benzene rings is 8. The molecule has 4 N–H and O–H groups in total. The van der Waals surface area contributed by atoms with Gasteiger partial charge in [-0.3, -0.25) is 0 Å². The summed E-state index contributed by atoms with van der Waals surface area (Å²) in [6, 6.07) is 45.0. The van der Waals surface area contributed by atoms with Crippen LogP contribution in [-0.2, 0) is 19.2 Å². The summed E-state index contributed by atoms with van der Waals surface area (Å²) in [5.41, 5.74) is 2.64. The van der Waals surface area contributed by atoms with Crippen molar-refractivity contribution in [3.05, 3.63) is 146 Å². The maximum Gasteiger partial charge on any atom is 0.341 e. The van der Waals surface area contributed by atoms with Crippen molar-refractivity contribution in [3.63, 3.8) is 0 Å². The smallest absolute Gasteiger partial charge is 0.341 e. The van der Waals surface area contributed by atoms with E-state index in [9.17, 15) is 19.2 Å². The minimum atomic E-state index is -1.09. The number of rotatable bonds is 14. The Hall–Kier alpha value is -8.12. The van der Waals surface area contributed by atoms with Crippen LogP contribution in [0.1, 0.15) is 0 Å². The molecule has 0 radical (unpaired) electrons. The maximum absolute atomic E-state index is 11.1. The summed E-state index contributed by atoms with van der Waals surface area (Å²) < 4.78 is 22.5. The normalized spacial score (nSPS) is 10.8. The lowest BCUT2D eigenvalue weighted by Crippen LogP contribution is -2.11. The molecule has 8 aromatic carbocycles. The molecule has 0 unspecified atom stereocenters. The fraction of sp³-hybridized carbons (Fsp3) is 0.0833. The highest BCUT2D eigenvalue weighted by Gasteiger charge is 2.22. The van der Waals surface area contributed by atoms with Crippen LogP contribution in [0.15, 0.2) is 146 Å². The minimum absolute atomic E-state index is 0.382. The van der Waals surface area contributed by atoms with Gasteiger partial charge in [0.1, 0.15) is 23.0 Å². The van der Waals surface area contributed by atoms with E-state index in [0.29, 0.717) is 45.3 Å². The second kappa shape index (κ2) is 18.0. The van der Waals surface area contributed by atoms with Gasteiger partial charge in [0.2, 0.25) is 0 Å². The predicted octanol–water partition coefficient (Wildman–Crippen LogP) is 9.17. The first-order valence-corrected chi connectivity index (χ1v) is 18.5. The monoisotopic (exact) mass is 804 g/mol. The minimum Gasteiger partial charge on any atom is -0.481 e. The molecule has 300 valence electrons. The lowest BCUT2D eigenvalue weighted by atomic mass is 9.92. The molecule has 60 heavy (non-hydrogen) atoms. The van der Waals surface area contributed by atoms with Crippen LogP contribution in [0, 0.1) is 0 Å². The van der Waals surface area contributed by atoms with E-state index in [2.05, 4.69) is 0 Å². The van der Waals surface area contributed by atoms with Crippen molar-refractivity contribution in [2.24, 2.45) is 0 Å². The van der Waals surface area contributed by atoms with E-state index in [1.807, 2.05) is 121 Å². The van der Waals surface area contributed by atoms with Gasteiger partial charge in [0, 0.05) is 22.3 Å². The van der Waals surface area contributed by atoms with Crippen molar-refractivity contribution >= 4 is 67.0 Å². The topological polar surface area (TPSA) is 186 Å². The zero-order valence-corrected chi connectivity index (χ0v) is 31.7. The van der Waals surface area contributed by atoms with Crippen LogP contribution < -0.4 is 18.9 Å². The number of carboxylic acid groups (broad SMARTS) is 4. The van der Waals surface area contributed by atoms with Crippen molar-refractivity contribution < 1.29 is 58.6 Å². The third kappa shape index (κ3) is 8.88. The molecule has 12 heteroatoms. The second-order valence-electron chi connectivity index (χ2n) is 13.4. The molecular weight excluding hydrogens is 769 g/mol. The van der Waals surface area contributed by atoms with Crippen LogP contribution in [-0.4, -0.2) is 70.7 Å². The molecule has 0 aliphatic carbocycles. The SMILES string of the molecule is O=C(O)COc1ccc2ccccc2c1-c1c(OCC(=O)O)ccc2ccccc12.O=C(O)COc1ccc2ccccc2c1-c1c(OCC(=O)O)ccc2ccccc12. The summed E-state index contributed by atoms with van der Waals surface area (Å²) in [5, 5.41) is 43.6. The standard InChI is InChI=1S/2C24H18O6/c2*25-21(26)13-29-19-11-9-15-5-1-3-7-17(15)23(19)24-18-8-4-2-6-16(18)10-12-20(24)30-14-22(27)28/h2*1-12H,13-14H2,(H,25,26)(H,27,28). The molecule has 0 heterocycles. The molecule has 0 bridgehead atoms. The van der Waals surface area contributed by atoms with Gasteiger partial charge in [-0.2, -0.15) is 0 Å². The molecule has 0 aromatic heterocycles. The maximum atomic E-state index is 11.1. The molecule has 0 spiro atoms. The molecule has 0 fully saturated rings. The molecule has 12 nitrogen and oxygen atoms in total. The Morgan fingerprint density at radius 1 is 0.300 bits per heavy atom. The number of hydrogen-bond donors (Lipinski definition) is 4. The number of ether oxygens (including phenoxy) is 4. The number of carbonyl (C=O) groups is 4. The first kappa shape index (κ1) is 40.1. The van der Waals surface area contributed by atoms with Gasteiger partial charge >= 0.3 is 23.9 Å². The van der Waals surface area contributed by atoms with E-state index in [0.717, 1.165) is 43.1 Å². The first-order chi connectivity index (χ1) is 29.1.